The van der Waals surface area contributed by atoms with Crippen LogP contribution in [0.3, 0.4) is 0 Å². The van der Waals surface area contributed by atoms with E-state index >= 15 is 0 Å². The third-order valence-corrected chi connectivity index (χ3v) is 2.71. The largest absolute Gasteiger partial charge is 0.416 e. The predicted molar refractivity (Wildman–Crippen MR) is 64.3 cm³/mol. The van der Waals surface area contributed by atoms with Crippen LogP contribution in [-0.4, -0.2) is 9.78 Å². The van der Waals surface area contributed by atoms with Crippen LogP contribution >= 0.6 is 11.6 Å². The Hall–Kier alpha value is -2.02. The average molecular weight is 290 g/mol. The number of hydrogen-bond acceptors (Lipinski definition) is 3. The molecular weight excluding hydrogens is 283 g/mol. The van der Waals surface area contributed by atoms with E-state index in [4.69, 9.17) is 17.3 Å². The summed E-state index contributed by atoms with van der Waals surface area (Å²) in [6, 6.07) is 3.97. The Morgan fingerprint density at radius 2 is 1.79 bits per heavy atom. The molecule has 19 heavy (non-hydrogen) atoms. The van der Waals surface area contributed by atoms with Crippen LogP contribution in [0.5, 0.6) is 0 Å². The first kappa shape index (κ1) is 13.4. The Kier molecular flexibility index (Phi) is 3.23. The Morgan fingerprint density at radius 3 is 2.32 bits per heavy atom. The van der Waals surface area contributed by atoms with E-state index < -0.39 is 17.3 Å². The molecule has 1 heterocycles. The molecule has 0 aliphatic carbocycles. The van der Waals surface area contributed by atoms with Crippen molar-refractivity contribution >= 4 is 17.3 Å². The fourth-order valence-corrected chi connectivity index (χ4v) is 1.55. The van der Waals surface area contributed by atoms with Gasteiger partial charge < -0.3 is 5.73 Å². The van der Waals surface area contributed by atoms with Crippen molar-refractivity contribution in [3.8, 4) is 5.69 Å². The zero-order chi connectivity index (χ0) is 14.2. The van der Waals surface area contributed by atoms with E-state index in [1.807, 2.05) is 0 Å². The average Bonchev–Trinajstić information content (AvgIpc) is 2.35. The third kappa shape index (κ3) is 2.55. The molecule has 0 radical (unpaired) electrons. The maximum atomic E-state index is 12.4. The Labute approximate surface area is 110 Å². The minimum Gasteiger partial charge on any atom is -0.393 e. The highest BCUT2D eigenvalue weighted by atomic mass is 35.5. The SMILES string of the molecule is Nc1c(Cl)cnn(-c2ccc(C(F)(F)F)cc2)c1=O. The Bertz CT molecular complexity index is 664. The van der Waals surface area contributed by atoms with E-state index in [2.05, 4.69) is 5.10 Å². The molecule has 2 N–H and O–H groups in total. The lowest BCUT2D eigenvalue weighted by molar-refractivity contribution is -0.137. The molecule has 1 aromatic carbocycles. The van der Waals surface area contributed by atoms with Gasteiger partial charge in [-0.15, -0.1) is 0 Å². The molecule has 0 saturated heterocycles. The molecule has 1 aromatic heterocycles. The van der Waals surface area contributed by atoms with E-state index in [-0.39, 0.29) is 16.4 Å². The van der Waals surface area contributed by atoms with Gasteiger partial charge in [0.15, 0.2) is 0 Å². The van der Waals surface area contributed by atoms with Crippen LogP contribution in [0, 0.1) is 0 Å². The fraction of sp³-hybridized carbons (Fsp3) is 0.0909. The van der Waals surface area contributed by atoms with E-state index in [9.17, 15) is 18.0 Å². The molecule has 0 atom stereocenters. The molecule has 100 valence electrons. The summed E-state index contributed by atoms with van der Waals surface area (Å²) in [4.78, 5) is 11.7. The molecule has 4 nitrogen and oxygen atoms in total. The number of hydrogen-bond donors (Lipinski definition) is 1. The molecule has 0 bridgehead atoms. The van der Waals surface area contributed by atoms with E-state index in [1.54, 1.807) is 0 Å². The lowest BCUT2D eigenvalue weighted by Crippen LogP contribution is -2.24. The second kappa shape index (κ2) is 4.58. The van der Waals surface area contributed by atoms with Gasteiger partial charge in [-0.2, -0.15) is 23.0 Å². The van der Waals surface area contributed by atoms with Gasteiger partial charge in [0, 0.05) is 0 Å². The topological polar surface area (TPSA) is 60.9 Å². The number of rotatable bonds is 1. The number of alkyl halides is 3. The number of halogens is 4. The predicted octanol–water partition coefficient (Wildman–Crippen LogP) is 2.49. The first-order valence-corrected chi connectivity index (χ1v) is 5.39. The molecule has 0 unspecified atom stereocenters. The summed E-state index contributed by atoms with van der Waals surface area (Å²) in [6.45, 7) is 0. The zero-order valence-corrected chi connectivity index (χ0v) is 10.0. The molecule has 2 aromatic rings. The number of nitrogens with two attached hydrogens (primary N) is 1. The molecule has 0 saturated carbocycles. The van der Waals surface area contributed by atoms with Crippen LogP contribution in [0.25, 0.3) is 5.69 Å². The summed E-state index contributed by atoms with van der Waals surface area (Å²) in [5.74, 6) is 0. The number of aromatic nitrogens is 2. The van der Waals surface area contributed by atoms with Gasteiger partial charge in [0.1, 0.15) is 5.69 Å². The minimum absolute atomic E-state index is 0.00633. The second-order valence-electron chi connectivity index (χ2n) is 3.67. The highest BCUT2D eigenvalue weighted by Gasteiger charge is 2.30. The molecule has 0 aliphatic heterocycles. The summed E-state index contributed by atoms with van der Waals surface area (Å²) in [6.07, 6.45) is -3.29. The van der Waals surface area contributed by atoms with Crippen LogP contribution in [0.1, 0.15) is 5.56 Å². The number of nitrogens with zero attached hydrogens (tertiary/aromatic N) is 2. The van der Waals surface area contributed by atoms with Crippen LogP contribution in [0.4, 0.5) is 18.9 Å². The highest BCUT2D eigenvalue weighted by Crippen LogP contribution is 2.29. The van der Waals surface area contributed by atoms with Crippen molar-refractivity contribution in [2.24, 2.45) is 0 Å². The smallest absolute Gasteiger partial charge is 0.393 e. The Morgan fingerprint density at radius 1 is 1.21 bits per heavy atom. The quantitative estimate of drug-likeness (QED) is 0.877. The van der Waals surface area contributed by atoms with E-state index in [0.717, 1.165) is 35.1 Å². The van der Waals surface area contributed by atoms with Crippen LogP contribution in [-0.2, 0) is 6.18 Å². The lowest BCUT2D eigenvalue weighted by Gasteiger charge is -2.09. The monoisotopic (exact) mass is 289 g/mol. The first-order chi connectivity index (χ1) is 8.80. The fourth-order valence-electron chi connectivity index (χ4n) is 1.42. The molecule has 0 aliphatic rings. The maximum absolute atomic E-state index is 12.4. The lowest BCUT2D eigenvalue weighted by atomic mass is 10.2. The van der Waals surface area contributed by atoms with Crippen LogP contribution < -0.4 is 11.3 Å². The standard InChI is InChI=1S/C11H7ClF3N3O/c12-8-5-17-18(10(19)9(8)16)7-3-1-6(2-4-7)11(13,14)15/h1-5H,16H2. The van der Waals surface area contributed by atoms with Crippen LogP contribution in [0.2, 0.25) is 5.02 Å². The van der Waals surface area contributed by atoms with Gasteiger partial charge in [-0.25, -0.2) is 0 Å². The van der Waals surface area contributed by atoms with Crippen molar-refractivity contribution in [1.82, 2.24) is 9.78 Å². The van der Waals surface area contributed by atoms with Crippen LogP contribution in [0.15, 0.2) is 35.3 Å². The molecule has 0 amide bonds. The van der Waals surface area contributed by atoms with Crippen molar-refractivity contribution in [3.63, 3.8) is 0 Å². The summed E-state index contributed by atoms with van der Waals surface area (Å²) in [7, 11) is 0. The van der Waals surface area contributed by atoms with E-state index in [0.29, 0.717) is 0 Å². The number of nitrogen functional groups attached to an aromatic ring is 1. The maximum Gasteiger partial charge on any atom is 0.416 e. The summed E-state index contributed by atoms with van der Waals surface area (Å²) in [5, 5.41) is 3.71. The van der Waals surface area contributed by atoms with E-state index in [1.165, 1.54) is 0 Å². The second-order valence-corrected chi connectivity index (χ2v) is 4.07. The van der Waals surface area contributed by atoms with Gasteiger partial charge >= 0.3 is 6.18 Å². The van der Waals surface area contributed by atoms with Crippen molar-refractivity contribution in [1.29, 1.82) is 0 Å². The van der Waals surface area contributed by atoms with Gasteiger partial charge in [0.05, 0.1) is 22.5 Å². The number of anilines is 1. The Balaban J connectivity index is 2.50. The number of benzene rings is 1. The van der Waals surface area contributed by atoms with Gasteiger partial charge in [-0.3, -0.25) is 4.79 Å². The van der Waals surface area contributed by atoms with Gasteiger partial charge in [-0.1, -0.05) is 11.6 Å². The molecular formula is C11H7ClF3N3O. The highest BCUT2D eigenvalue weighted by molar-refractivity contribution is 6.32. The van der Waals surface area contributed by atoms with Crippen molar-refractivity contribution in [3.05, 3.63) is 51.4 Å². The molecule has 8 heteroatoms. The normalized spacial score (nSPS) is 11.6. The van der Waals surface area contributed by atoms with Gasteiger partial charge in [0.2, 0.25) is 0 Å². The summed E-state index contributed by atoms with van der Waals surface area (Å²) >= 11 is 5.61. The summed E-state index contributed by atoms with van der Waals surface area (Å²) < 4.78 is 38.1. The van der Waals surface area contributed by atoms with Gasteiger partial charge in [0.25, 0.3) is 5.56 Å². The van der Waals surface area contributed by atoms with Crippen molar-refractivity contribution in [2.45, 2.75) is 6.18 Å². The van der Waals surface area contributed by atoms with Crippen molar-refractivity contribution < 1.29 is 13.2 Å². The minimum atomic E-state index is -4.43. The molecule has 0 fully saturated rings. The molecule has 2 rings (SSSR count). The summed E-state index contributed by atoms with van der Waals surface area (Å²) in [5.41, 5.74) is 3.89. The first-order valence-electron chi connectivity index (χ1n) is 5.01. The van der Waals surface area contributed by atoms with Crippen molar-refractivity contribution in [2.75, 3.05) is 5.73 Å². The zero-order valence-electron chi connectivity index (χ0n) is 9.28. The molecule has 0 spiro atoms. The van der Waals surface area contributed by atoms with Gasteiger partial charge in [-0.05, 0) is 24.3 Å². The third-order valence-electron chi connectivity index (χ3n) is 2.41.